The first kappa shape index (κ1) is 28.3. The third-order valence-corrected chi connectivity index (χ3v) is 8.12. The molecule has 2 atom stereocenters. The van der Waals surface area contributed by atoms with E-state index in [1.165, 1.54) is 24.6 Å². The van der Waals surface area contributed by atoms with Crippen molar-refractivity contribution in [2.45, 2.75) is 6.42 Å². The summed E-state index contributed by atoms with van der Waals surface area (Å²) in [5.41, 5.74) is 2.31. The van der Waals surface area contributed by atoms with E-state index in [0.717, 1.165) is 26.2 Å². The molecule has 1 N–H and O–H groups in total. The van der Waals surface area contributed by atoms with E-state index in [1.807, 2.05) is 11.0 Å². The van der Waals surface area contributed by atoms with Crippen LogP contribution in [0.1, 0.15) is 27.1 Å². The third kappa shape index (κ3) is 5.80. The monoisotopic (exact) mass is 666 g/mol. The maximum atomic E-state index is 14.4. The van der Waals surface area contributed by atoms with Crippen molar-refractivity contribution >= 4 is 46.5 Å². The fraction of sp³-hybridized carbons (Fsp3) is 0.321. The Morgan fingerprint density at radius 2 is 1.77 bits per heavy atom. The number of pyridine rings is 1. The topological polar surface area (TPSA) is 79.6 Å². The summed E-state index contributed by atoms with van der Waals surface area (Å²) < 4.78 is 14.4. The normalized spacial score (nSPS) is 19.8. The van der Waals surface area contributed by atoms with Crippen molar-refractivity contribution in [1.29, 1.82) is 0 Å². The number of anilines is 1. The van der Waals surface area contributed by atoms with E-state index in [1.54, 1.807) is 24.4 Å². The van der Waals surface area contributed by atoms with Crippen LogP contribution in [0.2, 0.25) is 10.0 Å². The van der Waals surface area contributed by atoms with E-state index in [0.29, 0.717) is 52.3 Å². The second-order valence-corrected chi connectivity index (χ2v) is 10.8. The Morgan fingerprint density at radius 3 is 2.49 bits per heavy atom. The molecule has 198 valence electrons. The number of halogens is 3. The smallest absolute Gasteiger partial charge is 0.253 e. The second kappa shape index (κ2) is 11.7. The molecule has 3 heterocycles. The van der Waals surface area contributed by atoms with Crippen LogP contribution in [0.5, 0.6) is 0 Å². The van der Waals surface area contributed by atoms with Gasteiger partial charge in [-0.3, -0.25) is 9.59 Å². The summed E-state index contributed by atoms with van der Waals surface area (Å²) in [5, 5.41) is 7.92. The minimum Gasteiger partial charge on any atom is -0.440 e. The summed E-state index contributed by atoms with van der Waals surface area (Å²) in [7, 11) is 0. The zero-order valence-electron chi connectivity index (χ0n) is 21.2. The van der Waals surface area contributed by atoms with Crippen LogP contribution in [-0.2, 0) is 27.3 Å². The molecule has 1 aromatic heterocycles. The molecule has 1 saturated carbocycles. The van der Waals surface area contributed by atoms with Gasteiger partial charge in [-0.15, -0.1) is 0 Å². The predicted octanol–water partition coefficient (Wildman–Crippen LogP) is 5.54. The molecule has 2 unspecified atom stereocenters. The first-order valence-corrected chi connectivity index (χ1v) is 13.4. The Balaban J connectivity index is 0.00000308. The van der Waals surface area contributed by atoms with Crippen LogP contribution in [0.15, 0.2) is 48.7 Å². The van der Waals surface area contributed by atoms with Gasteiger partial charge >= 0.3 is 0 Å². The van der Waals surface area contributed by atoms with E-state index in [-0.39, 0.29) is 49.6 Å². The number of amides is 2. The van der Waals surface area contributed by atoms with Gasteiger partial charge in [-0.2, -0.15) is 0 Å². The van der Waals surface area contributed by atoms with Crippen LogP contribution in [-0.4, -0.2) is 61.0 Å². The molecule has 2 aliphatic heterocycles. The molecule has 3 fully saturated rings. The number of carbonyl (C=O) groups excluding carboxylic acids is 2. The van der Waals surface area contributed by atoms with Crippen molar-refractivity contribution in [2.75, 3.05) is 44.2 Å². The Kier molecular flexibility index (Phi) is 8.46. The zero-order chi connectivity index (χ0) is 26.4. The van der Waals surface area contributed by atoms with Crippen LogP contribution in [0.3, 0.4) is 0 Å². The van der Waals surface area contributed by atoms with E-state index in [2.05, 4.69) is 20.5 Å². The van der Waals surface area contributed by atoms with Crippen LogP contribution in [0.4, 0.5) is 15.9 Å². The molecular weight excluding hydrogens is 641 g/mol. The van der Waals surface area contributed by atoms with E-state index < -0.39 is 11.7 Å². The zero-order valence-corrected chi connectivity index (χ0v) is 26.7. The minimum atomic E-state index is -0.791. The van der Waals surface area contributed by atoms with Gasteiger partial charge in [0.25, 0.3) is 5.91 Å². The number of piperazine rings is 1. The van der Waals surface area contributed by atoms with E-state index >= 15 is 0 Å². The molecule has 39 heavy (non-hydrogen) atoms. The summed E-state index contributed by atoms with van der Waals surface area (Å²) in [4.78, 5) is 34.6. The summed E-state index contributed by atoms with van der Waals surface area (Å²) in [5.74, 6) is -0.136. The molecule has 3 aliphatic rings. The third-order valence-electron chi connectivity index (χ3n) is 7.48. The number of aromatic nitrogens is 1. The Hall–Kier alpha value is -2.28. The quantitative estimate of drug-likeness (QED) is 0.363. The first-order chi connectivity index (χ1) is 18.4. The van der Waals surface area contributed by atoms with E-state index in [4.69, 9.17) is 23.2 Å². The minimum absolute atomic E-state index is 0. The summed E-state index contributed by atoms with van der Waals surface area (Å²) in [6.07, 6.45) is 2.78. The largest absolute Gasteiger partial charge is 0.440 e. The Labute approximate surface area is 256 Å². The molecular formula is C28H25CdCl2FN5O2-. The number of rotatable bonds is 5. The standard InChI is InChI=1S/C28H26Cl2FN5O2.Cd/c29-21-5-4-16(28(38)35-8-6-32-7-9-35)11-20(21)17-12-24(36-14-18-10-19(18)15-36)26(33-13-17)34-27(37)25-22(30)2-1-3-23(25)31;/h1-5,11-13,18-19,32H,6-10,14-15H2,(H,33,34,37);/p-1. The average Bonchev–Trinajstić information content (AvgIpc) is 3.53. The summed E-state index contributed by atoms with van der Waals surface area (Å²) in [6.45, 7) is 4.49. The molecule has 2 amide bonds. The maximum Gasteiger partial charge on any atom is 0.253 e. The SMILES string of the molecule is O=C([N-]c1ncc(-c2cc(C(=O)N3CCNCC3)ccc2Cl)cc1N1CC2CC2C1)c1c(F)cccc1Cl.[Cd]. The second-order valence-electron chi connectivity index (χ2n) is 9.98. The van der Waals surface area contributed by atoms with Gasteiger partial charge in [0.1, 0.15) is 5.82 Å². The van der Waals surface area contributed by atoms with Gasteiger partial charge in [-0.25, -0.2) is 4.39 Å². The van der Waals surface area contributed by atoms with Gasteiger partial charge < -0.3 is 25.4 Å². The number of hydrogen-bond donors (Lipinski definition) is 1. The maximum absolute atomic E-state index is 14.4. The van der Waals surface area contributed by atoms with Crippen LogP contribution in [0.25, 0.3) is 16.4 Å². The van der Waals surface area contributed by atoms with Gasteiger partial charge in [0.15, 0.2) is 5.91 Å². The van der Waals surface area contributed by atoms with Gasteiger partial charge in [0.2, 0.25) is 0 Å². The van der Waals surface area contributed by atoms with Gasteiger partial charge in [0, 0.05) is 88.4 Å². The fourth-order valence-electron chi connectivity index (χ4n) is 5.29. The molecule has 0 spiro atoms. The molecule has 0 radical (unpaired) electrons. The predicted molar refractivity (Wildman–Crippen MR) is 146 cm³/mol. The van der Waals surface area contributed by atoms with Crippen LogP contribution < -0.4 is 10.2 Å². The van der Waals surface area contributed by atoms with Gasteiger partial charge in [-0.05, 0) is 66.0 Å². The molecule has 2 aromatic carbocycles. The molecule has 7 nitrogen and oxygen atoms in total. The number of carbonyl (C=O) groups is 2. The first-order valence-electron chi connectivity index (χ1n) is 12.6. The molecule has 3 aromatic rings. The number of nitrogens with zero attached hydrogens (tertiary/aromatic N) is 4. The van der Waals surface area contributed by atoms with Crippen molar-refractivity contribution in [1.82, 2.24) is 15.2 Å². The number of hydrogen-bond acceptors (Lipinski definition) is 5. The number of piperidine rings is 1. The number of benzene rings is 2. The van der Waals surface area contributed by atoms with Crippen LogP contribution >= 0.6 is 23.2 Å². The Bertz CT molecular complexity index is 1400. The van der Waals surface area contributed by atoms with Crippen molar-refractivity contribution in [3.8, 4) is 11.1 Å². The number of fused-ring (bicyclic) bond motifs is 1. The number of nitrogens with one attached hydrogen (secondary N) is 1. The van der Waals surface area contributed by atoms with Gasteiger partial charge in [0.05, 0.1) is 10.6 Å². The van der Waals surface area contributed by atoms with Crippen molar-refractivity contribution in [3.05, 3.63) is 81.0 Å². The molecule has 1 aliphatic carbocycles. The van der Waals surface area contributed by atoms with Crippen molar-refractivity contribution in [2.24, 2.45) is 11.8 Å². The summed E-state index contributed by atoms with van der Waals surface area (Å²) in [6, 6.07) is 11.2. The van der Waals surface area contributed by atoms with Crippen LogP contribution in [0, 0.1) is 17.7 Å². The van der Waals surface area contributed by atoms with Crippen molar-refractivity contribution < 1.29 is 41.3 Å². The molecule has 2 saturated heterocycles. The molecule has 11 heteroatoms. The Morgan fingerprint density at radius 1 is 1.03 bits per heavy atom. The van der Waals surface area contributed by atoms with Gasteiger partial charge in [-0.1, -0.05) is 35.5 Å². The molecule has 6 rings (SSSR count). The average molecular weight is 666 g/mol. The van der Waals surface area contributed by atoms with Crippen molar-refractivity contribution in [3.63, 3.8) is 0 Å². The molecule has 0 bridgehead atoms. The summed E-state index contributed by atoms with van der Waals surface area (Å²) >= 11 is 12.7. The fourth-order valence-corrected chi connectivity index (χ4v) is 5.76. The van der Waals surface area contributed by atoms with E-state index in [9.17, 15) is 14.0 Å².